The van der Waals surface area contributed by atoms with Gasteiger partial charge in [0.05, 0.1) is 0 Å². The van der Waals surface area contributed by atoms with Crippen molar-refractivity contribution < 1.29 is 4.18 Å². The highest BCUT2D eigenvalue weighted by atomic mass is 32.3. The first-order valence-corrected chi connectivity index (χ1v) is 9.32. The summed E-state index contributed by atoms with van der Waals surface area (Å²) < 4.78 is 10.2. The van der Waals surface area contributed by atoms with Gasteiger partial charge in [0.2, 0.25) is 5.90 Å². The lowest BCUT2D eigenvalue weighted by atomic mass is 10.8. The van der Waals surface area contributed by atoms with Crippen molar-refractivity contribution in [3.8, 4) is 0 Å². The highest BCUT2D eigenvalue weighted by Crippen LogP contribution is 2.40. The zero-order chi connectivity index (χ0) is 9.99. The maximum atomic E-state index is 5.67. The molecule has 0 bridgehead atoms. The van der Waals surface area contributed by atoms with E-state index in [1.54, 1.807) is 0 Å². The molecule has 0 aliphatic heterocycles. The van der Waals surface area contributed by atoms with Crippen molar-refractivity contribution >= 4 is 26.4 Å². The van der Waals surface area contributed by atoms with Gasteiger partial charge in [-0.1, -0.05) is 10.3 Å². The molecular formula is C8H21NOS2. The smallest absolute Gasteiger partial charge is 0.203 e. The number of rotatable bonds is 2. The molecule has 0 fully saturated rings. The van der Waals surface area contributed by atoms with Gasteiger partial charge in [0.1, 0.15) is 0 Å². The van der Waals surface area contributed by atoms with Gasteiger partial charge >= 0.3 is 0 Å². The van der Waals surface area contributed by atoms with Crippen molar-refractivity contribution in [2.75, 3.05) is 37.5 Å². The van der Waals surface area contributed by atoms with Crippen LogP contribution in [0, 0.1) is 0 Å². The molecule has 0 aromatic rings. The van der Waals surface area contributed by atoms with E-state index in [1.807, 2.05) is 6.92 Å². The van der Waals surface area contributed by atoms with E-state index >= 15 is 0 Å². The Labute approximate surface area is 79.8 Å². The lowest BCUT2D eigenvalue weighted by Gasteiger charge is -2.28. The predicted molar refractivity (Wildman–Crippen MR) is 64.9 cm³/mol. The van der Waals surface area contributed by atoms with Gasteiger partial charge in [-0.3, -0.25) is 0 Å². The van der Waals surface area contributed by atoms with Crippen LogP contribution in [0.1, 0.15) is 6.92 Å². The van der Waals surface area contributed by atoms with Crippen molar-refractivity contribution in [1.82, 2.24) is 0 Å². The van der Waals surface area contributed by atoms with Gasteiger partial charge < -0.3 is 4.18 Å². The summed E-state index contributed by atoms with van der Waals surface area (Å²) in [6.45, 7) is 1.94. The van der Waals surface area contributed by atoms with Gasteiger partial charge in [-0.05, 0) is 37.5 Å². The Bertz CT molecular complexity index is 176. The van der Waals surface area contributed by atoms with E-state index in [0.29, 0.717) is 0 Å². The third-order valence-electron chi connectivity index (χ3n) is 0.773. The predicted octanol–water partition coefficient (Wildman–Crippen LogP) is 2.64. The van der Waals surface area contributed by atoms with E-state index in [1.165, 1.54) is 0 Å². The molecule has 0 heterocycles. The first kappa shape index (κ1) is 12.2. The van der Waals surface area contributed by atoms with E-state index in [-0.39, 0.29) is 0 Å². The van der Waals surface area contributed by atoms with Gasteiger partial charge in [-0.15, -0.1) is 0 Å². The minimum absolute atomic E-state index is 0.819. The Hall–Kier alpha value is 0.170. The molecule has 0 spiro atoms. The molecule has 0 aliphatic carbocycles. The van der Waals surface area contributed by atoms with E-state index in [2.05, 4.69) is 41.9 Å². The molecule has 0 aromatic carbocycles. The van der Waals surface area contributed by atoms with Crippen LogP contribution in [0.15, 0.2) is 4.40 Å². The molecule has 0 rings (SSSR count). The zero-order valence-electron chi connectivity index (χ0n) is 9.17. The van der Waals surface area contributed by atoms with Crippen LogP contribution in [0.2, 0.25) is 0 Å². The average Bonchev–Trinajstić information content (AvgIpc) is 1.49. The Balaban J connectivity index is 4.23. The monoisotopic (exact) mass is 211 g/mol. The number of hydrogen-bond donors (Lipinski definition) is 0. The maximum absolute atomic E-state index is 5.67. The molecule has 12 heavy (non-hydrogen) atoms. The SMILES string of the molecule is CC(=NS(C)(C)C)OS(C)(C)C. The molecule has 4 heteroatoms. The molecule has 0 unspecified atom stereocenters. The molecule has 0 N–H and O–H groups in total. The second kappa shape index (κ2) is 3.92. The summed E-state index contributed by atoms with van der Waals surface area (Å²) in [6.07, 6.45) is 12.8. The summed E-state index contributed by atoms with van der Waals surface area (Å²) in [5, 5.41) is 0. The molecular weight excluding hydrogens is 190 g/mol. The third-order valence-corrected chi connectivity index (χ3v) is 2.32. The van der Waals surface area contributed by atoms with Crippen LogP contribution in [0.3, 0.4) is 0 Å². The van der Waals surface area contributed by atoms with Gasteiger partial charge in [0.25, 0.3) is 0 Å². The fourth-order valence-corrected chi connectivity index (χ4v) is 2.38. The maximum Gasteiger partial charge on any atom is 0.203 e. The van der Waals surface area contributed by atoms with E-state index in [4.69, 9.17) is 4.18 Å². The summed E-state index contributed by atoms with van der Waals surface area (Å²) in [4.78, 5) is 0. The summed E-state index contributed by atoms with van der Waals surface area (Å²) in [5.41, 5.74) is 0. The normalized spacial score (nSPS) is 17.4. The van der Waals surface area contributed by atoms with Crippen molar-refractivity contribution in [2.24, 2.45) is 4.40 Å². The Kier molecular flexibility index (Phi) is 3.97. The van der Waals surface area contributed by atoms with Crippen molar-refractivity contribution in [3.05, 3.63) is 0 Å². The summed E-state index contributed by atoms with van der Waals surface area (Å²) in [6, 6.07) is 0. The second-order valence-corrected chi connectivity index (χ2v) is 11.5. The molecule has 0 aliphatic rings. The van der Waals surface area contributed by atoms with E-state index in [9.17, 15) is 0 Å². The molecule has 0 radical (unpaired) electrons. The Morgan fingerprint density at radius 2 is 1.42 bits per heavy atom. The highest BCUT2D eigenvalue weighted by molar-refractivity contribution is 8.31. The fraction of sp³-hybridized carbons (Fsp3) is 0.875. The minimum atomic E-state index is -0.913. The van der Waals surface area contributed by atoms with Crippen molar-refractivity contribution in [2.45, 2.75) is 6.92 Å². The van der Waals surface area contributed by atoms with Crippen LogP contribution in [0.5, 0.6) is 0 Å². The zero-order valence-corrected chi connectivity index (χ0v) is 10.8. The highest BCUT2D eigenvalue weighted by Gasteiger charge is 2.08. The van der Waals surface area contributed by atoms with Gasteiger partial charge in [-0.25, -0.2) is 4.40 Å². The van der Waals surface area contributed by atoms with Crippen molar-refractivity contribution in [1.29, 1.82) is 0 Å². The average molecular weight is 211 g/mol. The van der Waals surface area contributed by atoms with Crippen LogP contribution >= 0.6 is 20.5 Å². The second-order valence-electron chi connectivity index (χ2n) is 4.19. The van der Waals surface area contributed by atoms with Gasteiger partial charge in [-0.2, -0.15) is 10.2 Å². The first-order valence-electron chi connectivity index (χ1n) is 3.73. The lowest BCUT2D eigenvalue weighted by Crippen LogP contribution is -2.05. The lowest BCUT2D eigenvalue weighted by molar-refractivity contribution is 0.624. The fourth-order valence-electron chi connectivity index (χ4n) is 0.763. The molecule has 0 saturated carbocycles. The standard InChI is InChI=1S/C8H21NOS2/c1-8(9-11(2,3)4)10-12(5,6)7/h1-7H3. The largest absolute Gasteiger partial charge is 0.434 e. The van der Waals surface area contributed by atoms with Crippen molar-refractivity contribution in [3.63, 3.8) is 0 Å². The topological polar surface area (TPSA) is 21.6 Å². The first-order chi connectivity index (χ1) is 5.10. The van der Waals surface area contributed by atoms with Crippen LogP contribution in [-0.4, -0.2) is 43.4 Å². The van der Waals surface area contributed by atoms with Gasteiger partial charge in [0, 0.05) is 6.92 Å². The summed E-state index contributed by atoms with van der Waals surface area (Å²) >= 11 is 0. The molecule has 0 amide bonds. The van der Waals surface area contributed by atoms with Crippen LogP contribution in [0.4, 0.5) is 0 Å². The molecule has 2 nitrogen and oxygen atoms in total. The van der Waals surface area contributed by atoms with E-state index < -0.39 is 20.5 Å². The Morgan fingerprint density at radius 3 is 1.67 bits per heavy atom. The molecule has 76 valence electrons. The van der Waals surface area contributed by atoms with Crippen LogP contribution in [0.25, 0.3) is 0 Å². The molecule has 0 aromatic heterocycles. The van der Waals surface area contributed by atoms with E-state index in [0.717, 1.165) is 5.90 Å². The summed E-state index contributed by atoms with van der Waals surface area (Å²) in [7, 11) is -1.73. The minimum Gasteiger partial charge on any atom is -0.434 e. The quantitative estimate of drug-likeness (QED) is 0.508. The number of hydrogen-bond acceptors (Lipinski definition) is 2. The molecule has 0 atom stereocenters. The van der Waals surface area contributed by atoms with Crippen LogP contribution < -0.4 is 0 Å². The van der Waals surface area contributed by atoms with Gasteiger partial charge in [0.15, 0.2) is 0 Å². The Morgan fingerprint density at radius 1 is 1.00 bits per heavy atom. The molecule has 0 saturated heterocycles. The van der Waals surface area contributed by atoms with Crippen LogP contribution in [-0.2, 0) is 4.18 Å². The summed E-state index contributed by atoms with van der Waals surface area (Å²) in [5.74, 6) is 0.833. The third kappa shape index (κ3) is 8.27. The number of nitrogens with zero attached hydrogens (tertiary/aromatic N) is 1.